The van der Waals surface area contributed by atoms with Gasteiger partial charge in [-0.3, -0.25) is 5.41 Å². The lowest BCUT2D eigenvalue weighted by Gasteiger charge is -2.00. The van der Waals surface area contributed by atoms with Gasteiger partial charge in [0.1, 0.15) is 0 Å². The predicted molar refractivity (Wildman–Crippen MR) is 69.3 cm³/mol. The predicted octanol–water partition coefficient (Wildman–Crippen LogP) is 2.44. The second kappa shape index (κ2) is 4.84. The Balaban J connectivity index is 2.40. The molecule has 2 heterocycles. The van der Waals surface area contributed by atoms with Gasteiger partial charge in [-0.25, -0.2) is 4.98 Å². The molecule has 0 saturated carbocycles. The molecule has 0 aliphatic carbocycles. The lowest BCUT2D eigenvalue weighted by molar-refractivity contribution is 0.568. The van der Waals surface area contributed by atoms with Crippen molar-refractivity contribution < 1.29 is 4.42 Å². The Labute approximate surface area is 102 Å². The lowest BCUT2D eigenvalue weighted by atomic mass is 10.3. The molecular formula is C11H12N4OS. The van der Waals surface area contributed by atoms with Crippen molar-refractivity contribution in [3.05, 3.63) is 36.3 Å². The van der Waals surface area contributed by atoms with Crippen LogP contribution in [0.25, 0.3) is 10.4 Å². The van der Waals surface area contributed by atoms with E-state index in [0.29, 0.717) is 12.2 Å². The second-order valence-electron chi connectivity index (χ2n) is 3.33. The summed E-state index contributed by atoms with van der Waals surface area (Å²) in [6.07, 6.45) is 5.71. The quantitative estimate of drug-likeness (QED) is 0.440. The van der Waals surface area contributed by atoms with Gasteiger partial charge in [-0.15, -0.1) is 17.9 Å². The first-order valence-corrected chi connectivity index (χ1v) is 5.76. The van der Waals surface area contributed by atoms with Gasteiger partial charge in [0, 0.05) is 12.0 Å². The highest BCUT2D eigenvalue weighted by Crippen LogP contribution is 2.34. The van der Waals surface area contributed by atoms with Crippen molar-refractivity contribution in [1.82, 2.24) is 4.98 Å². The van der Waals surface area contributed by atoms with E-state index in [0.717, 1.165) is 15.4 Å². The number of aromatic nitrogens is 1. The molecular weight excluding hydrogens is 236 g/mol. The van der Waals surface area contributed by atoms with E-state index >= 15 is 0 Å². The van der Waals surface area contributed by atoms with Crippen LogP contribution in [0.4, 0.5) is 5.82 Å². The molecule has 0 aliphatic heterocycles. The second-order valence-corrected chi connectivity index (χ2v) is 4.41. The van der Waals surface area contributed by atoms with Crippen LogP contribution in [-0.4, -0.2) is 10.9 Å². The average Bonchev–Trinajstić information content (AvgIpc) is 2.86. The lowest BCUT2D eigenvalue weighted by Crippen LogP contribution is -2.21. The van der Waals surface area contributed by atoms with Crippen LogP contribution < -0.4 is 11.1 Å². The van der Waals surface area contributed by atoms with Gasteiger partial charge in [0.15, 0.2) is 11.8 Å². The number of nitrogens with two attached hydrogens (primary N) is 1. The van der Waals surface area contributed by atoms with Crippen molar-refractivity contribution in [3.63, 3.8) is 0 Å². The van der Waals surface area contributed by atoms with Crippen molar-refractivity contribution in [2.45, 2.75) is 6.42 Å². The summed E-state index contributed by atoms with van der Waals surface area (Å²) in [6, 6.07) is 1.84. The molecule has 0 atom stereocenters. The van der Waals surface area contributed by atoms with E-state index in [2.05, 4.69) is 16.9 Å². The van der Waals surface area contributed by atoms with Crippen molar-refractivity contribution in [2.75, 3.05) is 5.32 Å². The number of nitrogens with zero attached hydrogens (tertiary/aromatic N) is 1. The molecule has 0 amide bonds. The summed E-state index contributed by atoms with van der Waals surface area (Å²) in [5, 5.41) is 10.9. The zero-order valence-corrected chi connectivity index (χ0v) is 9.88. The fourth-order valence-electron chi connectivity index (χ4n) is 1.38. The van der Waals surface area contributed by atoms with Crippen molar-refractivity contribution in [3.8, 4) is 10.4 Å². The summed E-state index contributed by atoms with van der Waals surface area (Å²) in [5.41, 5.74) is 6.24. The first kappa shape index (κ1) is 11.4. The largest absolute Gasteiger partial charge is 0.472 e. The summed E-state index contributed by atoms with van der Waals surface area (Å²) in [7, 11) is 0. The Morgan fingerprint density at radius 2 is 2.53 bits per heavy atom. The Kier molecular flexibility index (Phi) is 3.24. The average molecular weight is 248 g/mol. The number of hydrogen-bond acceptors (Lipinski definition) is 4. The van der Waals surface area contributed by atoms with Crippen LogP contribution in [0, 0.1) is 5.41 Å². The number of furan rings is 1. The van der Waals surface area contributed by atoms with Crippen LogP contribution in [0.15, 0.2) is 35.7 Å². The topological polar surface area (TPSA) is 87.9 Å². The zero-order valence-electron chi connectivity index (χ0n) is 9.06. The molecule has 5 nitrogen and oxygen atoms in total. The van der Waals surface area contributed by atoms with Gasteiger partial charge in [-0.2, -0.15) is 0 Å². The third-order valence-corrected chi connectivity index (χ3v) is 3.15. The first-order chi connectivity index (χ1) is 8.20. The van der Waals surface area contributed by atoms with Gasteiger partial charge in [0.2, 0.25) is 0 Å². The molecule has 4 N–H and O–H groups in total. The van der Waals surface area contributed by atoms with E-state index in [1.165, 1.54) is 11.3 Å². The first-order valence-electron chi connectivity index (χ1n) is 4.95. The molecule has 2 aromatic heterocycles. The molecule has 0 bridgehead atoms. The molecule has 0 aromatic carbocycles. The fraction of sp³-hybridized carbons (Fsp3) is 0.0909. The maximum absolute atomic E-state index is 7.25. The van der Waals surface area contributed by atoms with Crippen LogP contribution in [0.5, 0.6) is 0 Å². The minimum Gasteiger partial charge on any atom is -0.472 e. The van der Waals surface area contributed by atoms with E-state index in [1.54, 1.807) is 18.6 Å². The van der Waals surface area contributed by atoms with Crippen molar-refractivity contribution in [2.24, 2.45) is 5.73 Å². The third-order valence-electron chi connectivity index (χ3n) is 2.03. The molecule has 2 rings (SSSR count). The SMILES string of the molecule is C=CCc1nc(NC(=N)N)c(-c2ccoc2)s1. The molecule has 2 aromatic rings. The highest BCUT2D eigenvalue weighted by molar-refractivity contribution is 7.15. The maximum Gasteiger partial charge on any atom is 0.191 e. The smallest absolute Gasteiger partial charge is 0.191 e. The third kappa shape index (κ3) is 2.54. The monoisotopic (exact) mass is 248 g/mol. The number of guanidine groups is 1. The van der Waals surface area contributed by atoms with Gasteiger partial charge < -0.3 is 15.5 Å². The van der Waals surface area contributed by atoms with E-state index in [9.17, 15) is 0 Å². The number of anilines is 1. The van der Waals surface area contributed by atoms with E-state index in [4.69, 9.17) is 15.6 Å². The van der Waals surface area contributed by atoms with Crippen LogP contribution >= 0.6 is 11.3 Å². The molecule has 0 aliphatic rings. The number of nitrogens with one attached hydrogen (secondary N) is 2. The van der Waals surface area contributed by atoms with E-state index in [-0.39, 0.29) is 5.96 Å². The molecule has 0 fully saturated rings. The number of rotatable bonds is 4. The molecule has 0 radical (unpaired) electrons. The fourth-order valence-corrected chi connectivity index (χ4v) is 2.38. The highest BCUT2D eigenvalue weighted by Gasteiger charge is 2.13. The molecule has 88 valence electrons. The molecule has 0 saturated heterocycles. The van der Waals surface area contributed by atoms with Gasteiger partial charge in [0.25, 0.3) is 0 Å². The van der Waals surface area contributed by atoms with Crippen LogP contribution in [0.3, 0.4) is 0 Å². The van der Waals surface area contributed by atoms with E-state index in [1.807, 2.05) is 6.07 Å². The van der Waals surface area contributed by atoms with Crippen LogP contribution in [0.2, 0.25) is 0 Å². The maximum atomic E-state index is 7.25. The number of allylic oxidation sites excluding steroid dienone is 1. The molecule has 6 heteroatoms. The molecule has 0 spiro atoms. The number of thiazole rings is 1. The van der Waals surface area contributed by atoms with E-state index < -0.39 is 0 Å². The summed E-state index contributed by atoms with van der Waals surface area (Å²) in [5.74, 6) is 0.450. The Morgan fingerprint density at radius 1 is 1.71 bits per heavy atom. The zero-order chi connectivity index (χ0) is 12.3. The highest BCUT2D eigenvalue weighted by atomic mass is 32.1. The minimum absolute atomic E-state index is 0.134. The minimum atomic E-state index is -0.134. The van der Waals surface area contributed by atoms with Gasteiger partial charge in [0.05, 0.1) is 22.4 Å². The summed E-state index contributed by atoms with van der Waals surface area (Å²) in [6.45, 7) is 3.68. The number of hydrogen-bond donors (Lipinski definition) is 3. The standard InChI is InChI=1S/C11H12N4OS/c1-2-3-8-14-10(15-11(12)13)9(17-8)7-4-5-16-6-7/h2,4-6H,1,3H2,(H4,12,13,15). The summed E-state index contributed by atoms with van der Waals surface area (Å²) in [4.78, 5) is 5.28. The van der Waals surface area contributed by atoms with Gasteiger partial charge in [-0.1, -0.05) is 6.08 Å². The van der Waals surface area contributed by atoms with Gasteiger partial charge >= 0.3 is 0 Å². The Hall–Kier alpha value is -2.08. The molecule has 17 heavy (non-hydrogen) atoms. The van der Waals surface area contributed by atoms with Crippen LogP contribution in [0.1, 0.15) is 5.01 Å². The molecule has 0 unspecified atom stereocenters. The Bertz CT molecular complexity index is 530. The van der Waals surface area contributed by atoms with Crippen molar-refractivity contribution >= 4 is 23.1 Å². The summed E-state index contributed by atoms with van der Waals surface area (Å²) >= 11 is 1.53. The Morgan fingerprint density at radius 3 is 3.12 bits per heavy atom. The van der Waals surface area contributed by atoms with Gasteiger partial charge in [-0.05, 0) is 6.07 Å². The van der Waals surface area contributed by atoms with Crippen LogP contribution in [-0.2, 0) is 6.42 Å². The summed E-state index contributed by atoms with van der Waals surface area (Å²) < 4.78 is 5.04. The van der Waals surface area contributed by atoms with Crippen molar-refractivity contribution in [1.29, 1.82) is 5.41 Å². The normalized spacial score (nSPS) is 10.1.